The van der Waals surface area contributed by atoms with Crippen molar-refractivity contribution in [3.05, 3.63) is 211 Å². The van der Waals surface area contributed by atoms with E-state index in [9.17, 15) is 0 Å². The first-order valence-corrected chi connectivity index (χ1v) is 19.8. The van der Waals surface area contributed by atoms with Crippen LogP contribution in [-0.2, 0) is 5.41 Å². The van der Waals surface area contributed by atoms with Gasteiger partial charge in [0.15, 0.2) is 0 Å². The Balaban J connectivity index is 1.08. The van der Waals surface area contributed by atoms with Crippen molar-refractivity contribution < 1.29 is 4.42 Å². The lowest BCUT2D eigenvalue weighted by Gasteiger charge is -2.28. The molecule has 0 radical (unpaired) electrons. The molecule has 270 valence electrons. The molecular formula is C55H39NO. The van der Waals surface area contributed by atoms with Crippen molar-refractivity contribution in [1.29, 1.82) is 0 Å². The molecule has 1 aliphatic carbocycles. The SMILES string of the molecule is CC1(C)c2ccccc2-c2ccc(N(c3ccc(-c4ccccc4)cc3)c3ccc4c(c3)oc3c(-c5ccc(-c6ccccc6)cc5)cc5ccccc5c34)cc21. The Morgan fingerprint density at radius 1 is 0.386 bits per heavy atom. The van der Waals surface area contributed by atoms with Gasteiger partial charge >= 0.3 is 0 Å². The fourth-order valence-corrected chi connectivity index (χ4v) is 9.15. The van der Waals surface area contributed by atoms with Gasteiger partial charge in [-0.3, -0.25) is 0 Å². The maximum absolute atomic E-state index is 7.02. The largest absolute Gasteiger partial charge is 0.455 e. The van der Waals surface area contributed by atoms with E-state index < -0.39 is 0 Å². The molecular weight excluding hydrogens is 691 g/mol. The smallest absolute Gasteiger partial charge is 0.143 e. The molecule has 0 saturated heterocycles. The van der Waals surface area contributed by atoms with Gasteiger partial charge in [0.25, 0.3) is 0 Å². The molecule has 0 unspecified atom stereocenters. The Hall–Kier alpha value is -7.16. The Morgan fingerprint density at radius 3 is 1.67 bits per heavy atom. The third-order valence-electron chi connectivity index (χ3n) is 12.1. The number of nitrogens with zero attached hydrogens (tertiary/aromatic N) is 1. The van der Waals surface area contributed by atoms with Crippen molar-refractivity contribution in [2.24, 2.45) is 0 Å². The highest BCUT2D eigenvalue weighted by Crippen LogP contribution is 2.51. The van der Waals surface area contributed by atoms with Gasteiger partial charge in [-0.15, -0.1) is 0 Å². The average Bonchev–Trinajstić information content (AvgIpc) is 3.76. The first-order chi connectivity index (χ1) is 28.0. The topological polar surface area (TPSA) is 16.4 Å². The van der Waals surface area contributed by atoms with E-state index in [4.69, 9.17) is 4.42 Å². The number of hydrogen-bond acceptors (Lipinski definition) is 2. The van der Waals surface area contributed by atoms with Crippen LogP contribution in [0.15, 0.2) is 205 Å². The number of anilines is 3. The molecule has 9 aromatic carbocycles. The summed E-state index contributed by atoms with van der Waals surface area (Å²) in [5, 5.41) is 4.64. The third-order valence-corrected chi connectivity index (χ3v) is 12.1. The first-order valence-electron chi connectivity index (χ1n) is 19.8. The van der Waals surface area contributed by atoms with Crippen LogP contribution >= 0.6 is 0 Å². The summed E-state index contributed by atoms with van der Waals surface area (Å²) < 4.78 is 7.02. The summed E-state index contributed by atoms with van der Waals surface area (Å²) in [7, 11) is 0. The van der Waals surface area contributed by atoms with Crippen LogP contribution in [0.25, 0.3) is 77.2 Å². The van der Waals surface area contributed by atoms with Gasteiger partial charge in [0, 0.05) is 44.9 Å². The predicted molar refractivity (Wildman–Crippen MR) is 240 cm³/mol. The van der Waals surface area contributed by atoms with Crippen LogP contribution in [0.5, 0.6) is 0 Å². The zero-order valence-corrected chi connectivity index (χ0v) is 31.9. The third kappa shape index (κ3) is 5.40. The van der Waals surface area contributed by atoms with Gasteiger partial charge in [-0.2, -0.15) is 0 Å². The molecule has 2 heteroatoms. The second kappa shape index (κ2) is 13.0. The highest BCUT2D eigenvalue weighted by molar-refractivity contribution is 6.22. The number of benzene rings is 9. The number of furan rings is 1. The van der Waals surface area contributed by atoms with E-state index in [0.29, 0.717) is 0 Å². The molecule has 0 N–H and O–H groups in total. The second-order valence-corrected chi connectivity index (χ2v) is 15.7. The molecule has 0 amide bonds. The summed E-state index contributed by atoms with van der Waals surface area (Å²) >= 11 is 0. The van der Waals surface area contributed by atoms with Gasteiger partial charge in [0.2, 0.25) is 0 Å². The van der Waals surface area contributed by atoms with Gasteiger partial charge in [0.05, 0.1) is 0 Å². The molecule has 0 atom stereocenters. The highest BCUT2D eigenvalue weighted by atomic mass is 16.3. The molecule has 0 aliphatic heterocycles. The minimum atomic E-state index is -0.121. The van der Waals surface area contributed by atoms with Gasteiger partial charge in [-0.1, -0.05) is 166 Å². The highest BCUT2D eigenvalue weighted by Gasteiger charge is 2.35. The monoisotopic (exact) mass is 729 g/mol. The van der Waals surface area contributed by atoms with Gasteiger partial charge in [-0.05, 0) is 103 Å². The van der Waals surface area contributed by atoms with Crippen molar-refractivity contribution >= 4 is 49.8 Å². The maximum Gasteiger partial charge on any atom is 0.143 e. The Morgan fingerprint density at radius 2 is 0.930 bits per heavy atom. The predicted octanol–water partition coefficient (Wildman–Crippen LogP) is 15.5. The molecule has 0 fully saturated rings. The molecule has 1 aromatic heterocycles. The summed E-state index contributed by atoms with van der Waals surface area (Å²) in [6.07, 6.45) is 0. The van der Waals surface area contributed by atoms with E-state index in [1.807, 2.05) is 0 Å². The lowest BCUT2D eigenvalue weighted by Crippen LogP contribution is -2.16. The Labute approximate surface area is 332 Å². The van der Waals surface area contributed by atoms with Crippen LogP contribution in [0.4, 0.5) is 17.1 Å². The lowest BCUT2D eigenvalue weighted by molar-refractivity contribution is 0.660. The fraction of sp³-hybridized carbons (Fsp3) is 0.0545. The van der Waals surface area contributed by atoms with Crippen LogP contribution in [0.2, 0.25) is 0 Å². The van der Waals surface area contributed by atoms with E-state index in [1.165, 1.54) is 55.3 Å². The maximum atomic E-state index is 7.02. The summed E-state index contributed by atoms with van der Waals surface area (Å²) in [6, 6.07) is 72.4. The molecule has 10 aromatic rings. The number of fused-ring (bicyclic) bond motifs is 8. The molecule has 1 aliphatic rings. The molecule has 1 heterocycles. The van der Waals surface area contributed by atoms with Gasteiger partial charge in [0.1, 0.15) is 11.2 Å². The molecule has 2 nitrogen and oxygen atoms in total. The van der Waals surface area contributed by atoms with Crippen molar-refractivity contribution in [2.75, 3.05) is 4.90 Å². The first kappa shape index (κ1) is 33.2. The molecule has 11 rings (SSSR count). The zero-order chi connectivity index (χ0) is 38.1. The van der Waals surface area contributed by atoms with Crippen LogP contribution < -0.4 is 4.90 Å². The molecule has 0 bridgehead atoms. The minimum absolute atomic E-state index is 0.121. The van der Waals surface area contributed by atoms with Crippen molar-refractivity contribution in [2.45, 2.75) is 19.3 Å². The summed E-state index contributed by atoms with van der Waals surface area (Å²) in [6.45, 7) is 4.69. The molecule has 0 saturated carbocycles. The lowest BCUT2D eigenvalue weighted by atomic mass is 9.82. The standard InChI is InChI=1S/C55H39NO/c1-55(2)50-20-12-11-19-46(50)47-31-29-43(34-51(47)55)56(42-27-25-39(26-28-42)37-15-7-4-8-16-37)44-30-32-48-52(35-44)57-54-49(33-41-17-9-10-18-45(41)53(48)54)40-23-21-38(22-24-40)36-13-5-3-6-14-36/h3-35H,1-2H3. The van der Waals surface area contributed by atoms with Gasteiger partial charge < -0.3 is 9.32 Å². The molecule has 57 heavy (non-hydrogen) atoms. The van der Waals surface area contributed by atoms with E-state index in [2.05, 4.69) is 219 Å². The average molecular weight is 730 g/mol. The second-order valence-electron chi connectivity index (χ2n) is 15.7. The van der Waals surface area contributed by atoms with Crippen LogP contribution in [0, 0.1) is 0 Å². The van der Waals surface area contributed by atoms with Crippen molar-refractivity contribution in [1.82, 2.24) is 0 Å². The van der Waals surface area contributed by atoms with Crippen LogP contribution in [-0.4, -0.2) is 0 Å². The number of rotatable bonds is 6. The van der Waals surface area contributed by atoms with Crippen LogP contribution in [0.1, 0.15) is 25.0 Å². The summed E-state index contributed by atoms with van der Waals surface area (Å²) in [4.78, 5) is 2.38. The van der Waals surface area contributed by atoms with E-state index in [0.717, 1.165) is 50.1 Å². The normalized spacial score (nSPS) is 12.9. The molecule has 0 spiro atoms. The summed E-state index contributed by atoms with van der Waals surface area (Å²) in [5.41, 5.74) is 17.3. The van der Waals surface area contributed by atoms with Gasteiger partial charge in [-0.25, -0.2) is 0 Å². The Kier molecular flexibility index (Phi) is 7.55. The Bertz CT molecular complexity index is 3120. The zero-order valence-electron chi connectivity index (χ0n) is 31.9. The number of hydrogen-bond donors (Lipinski definition) is 0. The van der Waals surface area contributed by atoms with Crippen molar-refractivity contribution in [3.63, 3.8) is 0 Å². The van der Waals surface area contributed by atoms with E-state index in [1.54, 1.807) is 0 Å². The fourth-order valence-electron chi connectivity index (χ4n) is 9.15. The van der Waals surface area contributed by atoms with Crippen LogP contribution in [0.3, 0.4) is 0 Å². The van der Waals surface area contributed by atoms with Crippen molar-refractivity contribution in [3.8, 4) is 44.5 Å². The van der Waals surface area contributed by atoms with E-state index >= 15 is 0 Å². The summed E-state index contributed by atoms with van der Waals surface area (Å²) in [5.74, 6) is 0. The van der Waals surface area contributed by atoms with E-state index in [-0.39, 0.29) is 5.41 Å². The quantitative estimate of drug-likeness (QED) is 0.169. The minimum Gasteiger partial charge on any atom is -0.455 e.